The predicted octanol–water partition coefficient (Wildman–Crippen LogP) is 1.87. The second-order valence-electron chi connectivity index (χ2n) is 3.73. The van der Waals surface area contributed by atoms with Crippen LogP contribution in [0, 0.1) is 0 Å². The second kappa shape index (κ2) is 7.50. The summed E-state index contributed by atoms with van der Waals surface area (Å²) in [6.07, 6.45) is 0.347. The first-order valence-electron chi connectivity index (χ1n) is 5.91. The summed E-state index contributed by atoms with van der Waals surface area (Å²) in [6, 6.07) is 9.88. The number of rotatable bonds is 7. The van der Waals surface area contributed by atoms with Crippen LogP contribution in [0.3, 0.4) is 0 Å². The summed E-state index contributed by atoms with van der Waals surface area (Å²) in [4.78, 5) is 11.4. The Hall–Kier alpha value is -1.81. The smallest absolute Gasteiger partial charge is 0.373 e. The van der Waals surface area contributed by atoms with Crippen LogP contribution in [0.2, 0.25) is 0 Å². The van der Waals surface area contributed by atoms with Gasteiger partial charge in [-0.25, -0.2) is 4.79 Å². The molecule has 18 heavy (non-hydrogen) atoms. The van der Waals surface area contributed by atoms with Crippen molar-refractivity contribution in [2.24, 2.45) is 0 Å². The summed E-state index contributed by atoms with van der Waals surface area (Å²) in [5, 5.41) is 2.99. The van der Waals surface area contributed by atoms with Gasteiger partial charge in [0, 0.05) is 6.42 Å². The average Bonchev–Trinajstić information content (AvgIpc) is 2.39. The molecule has 1 N–H and O–H groups in total. The molecule has 0 amide bonds. The minimum absolute atomic E-state index is 0.0205. The van der Waals surface area contributed by atoms with Crippen LogP contribution < -0.4 is 5.32 Å². The average molecular weight is 249 g/mol. The lowest BCUT2D eigenvalue weighted by Crippen LogP contribution is -2.31. The van der Waals surface area contributed by atoms with Gasteiger partial charge in [0.05, 0.1) is 6.61 Å². The lowest BCUT2D eigenvalue weighted by atomic mass is 10.1. The molecular weight excluding hydrogens is 230 g/mol. The van der Waals surface area contributed by atoms with Gasteiger partial charge in [-0.3, -0.25) is 5.32 Å². The molecule has 0 aliphatic carbocycles. The predicted molar refractivity (Wildman–Crippen MR) is 69.9 cm³/mol. The van der Waals surface area contributed by atoms with E-state index in [4.69, 9.17) is 9.47 Å². The molecule has 1 unspecified atom stereocenters. The van der Waals surface area contributed by atoms with Gasteiger partial charge in [0.15, 0.2) is 12.0 Å². The maximum Gasteiger partial charge on any atom is 0.373 e. The third-order valence-corrected chi connectivity index (χ3v) is 2.37. The lowest BCUT2D eigenvalue weighted by Gasteiger charge is -2.19. The molecule has 1 aromatic rings. The highest BCUT2D eigenvalue weighted by atomic mass is 16.6. The van der Waals surface area contributed by atoms with E-state index < -0.39 is 5.97 Å². The number of carbonyl (C=O) groups is 1. The van der Waals surface area contributed by atoms with Crippen LogP contribution in [0.4, 0.5) is 0 Å². The molecule has 1 aromatic carbocycles. The molecule has 1 atom stereocenters. The first-order valence-corrected chi connectivity index (χ1v) is 5.91. The zero-order chi connectivity index (χ0) is 13.4. The molecule has 0 aliphatic rings. The number of carbonyl (C=O) groups excluding carboxylic acids is 1. The normalized spacial score (nSPS) is 11.7. The van der Waals surface area contributed by atoms with Gasteiger partial charge in [-0.1, -0.05) is 30.3 Å². The summed E-state index contributed by atoms with van der Waals surface area (Å²) in [5.41, 5.74) is 1.12. The van der Waals surface area contributed by atoms with Crippen molar-refractivity contribution in [3.8, 4) is 0 Å². The maximum absolute atomic E-state index is 11.4. The van der Waals surface area contributed by atoms with E-state index >= 15 is 0 Å². The molecule has 0 radical (unpaired) electrons. The van der Waals surface area contributed by atoms with Gasteiger partial charge in [0.25, 0.3) is 0 Å². The Morgan fingerprint density at radius 3 is 2.61 bits per heavy atom. The van der Waals surface area contributed by atoms with Crippen molar-refractivity contribution in [1.29, 1.82) is 0 Å². The highest BCUT2D eigenvalue weighted by Gasteiger charge is 2.15. The van der Waals surface area contributed by atoms with Crippen molar-refractivity contribution in [2.75, 3.05) is 13.7 Å². The number of nitrogens with one attached hydrogen (secondary N) is 1. The Bertz CT molecular complexity index is 389. The van der Waals surface area contributed by atoms with E-state index in [2.05, 4.69) is 11.9 Å². The SMILES string of the molecule is C=C(OC(Cc1ccccc1)NC)C(=O)OCC. The standard InChI is InChI=1S/C14H19NO3/c1-4-17-14(16)11(2)18-13(15-3)10-12-8-6-5-7-9-12/h5-9,13,15H,2,4,10H2,1,3H3. The topological polar surface area (TPSA) is 47.6 Å². The largest absolute Gasteiger partial charge is 0.468 e. The van der Waals surface area contributed by atoms with E-state index in [1.54, 1.807) is 14.0 Å². The fraction of sp³-hybridized carbons (Fsp3) is 0.357. The first-order chi connectivity index (χ1) is 8.67. The highest BCUT2D eigenvalue weighted by molar-refractivity contribution is 5.85. The van der Waals surface area contributed by atoms with E-state index in [0.29, 0.717) is 13.0 Å². The fourth-order valence-corrected chi connectivity index (χ4v) is 1.46. The van der Waals surface area contributed by atoms with Gasteiger partial charge in [-0.2, -0.15) is 0 Å². The van der Waals surface area contributed by atoms with Crippen LogP contribution in [-0.4, -0.2) is 25.9 Å². The number of esters is 1. The summed E-state index contributed by atoms with van der Waals surface area (Å²) >= 11 is 0. The van der Waals surface area contributed by atoms with E-state index in [-0.39, 0.29) is 12.0 Å². The molecule has 0 heterocycles. The van der Waals surface area contributed by atoms with Gasteiger partial charge < -0.3 is 9.47 Å². The van der Waals surface area contributed by atoms with Crippen LogP contribution in [0.5, 0.6) is 0 Å². The number of likely N-dealkylation sites (N-methyl/N-ethyl adjacent to an activating group) is 1. The van der Waals surface area contributed by atoms with E-state index in [9.17, 15) is 4.79 Å². The van der Waals surface area contributed by atoms with Crippen LogP contribution in [-0.2, 0) is 20.7 Å². The zero-order valence-corrected chi connectivity index (χ0v) is 10.8. The highest BCUT2D eigenvalue weighted by Crippen LogP contribution is 2.08. The van der Waals surface area contributed by atoms with Crippen molar-refractivity contribution in [3.63, 3.8) is 0 Å². The van der Waals surface area contributed by atoms with Gasteiger partial charge in [-0.05, 0) is 26.1 Å². The second-order valence-corrected chi connectivity index (χ2v) is 3.73. The Kier molecular flexibility index (Phi) is 5.94. The number of hydrogen-bond donors (Lipinski definition) is 1. The molecular formula is C14H19NO3. The van der Waals surface area contributed by atoms with Crippen LogP contribution >= 0.6 is 0 Å². The third-order valence-electron chi connectivity index (χ3n) is 2.37. The van der Waals surface area contributed by atoms with Crippen molar-refractivity contribution in [1.82, 2.24) is 5.32 Å². The number of ether oxygens (including phenoxy) is 2. The van der Waals surface area contributed by atoms with E-state index in [1.807, 2.05) is 30.3 Å². The fourth-order valence-electron chi connectivity index (χ4n) is 1.46. The molecule has 0 fully saturated rings. The Morgan fingerprint density at radius 1 is 1.39 bits per heavy atom. The van der Waals surface area contributed by atoms with Gasteiger partial charge in [-0.15, -0.1) is 0 Å². The van der Waals surface area contributed by atoms with E-state index in [1.165, 1.54) is 0 Å². The van der Waals surface area contributed by atoms with Crippen molar-refractivity contribution >= 4 is 5.97 Å². The molecule has 1 rings (SSSR count). The minimum atomic E-state index is -0.522. The summed E-state index contributed by atoms with van der Waals surface area (Å²) < 4.78 is 10.2. The molecule has 0 aliphatic heterocycles. The molecule has 4 nitrogen and oxygen atoms in total. The Balaban J connectivity index is 2.52. The minimum Gasteiger partial charge on any atom is -0.468 e. The summed E-state index contributed by atoms with van der Waals surface area (Å²) in [7, 11) is 1.77. The molecule has 0 saturated carbocycles. The van der Waals surface area contributed by atoms with Gasteiger partial charge in [0.1, 0.15) is 0 Å². The maximum atomic E-state index is 11.4. The third kappa shape index (κ3) is 4.59. The summed E-state index contributed by atoms with van der Waals surface area (Å²) in [6.45, 7) is 5.62. The Labute approximate surface area is 108 Å². The van der Waals surface area contributed by atoms with Crippen LogP contribution in [0.1, 0.15) is 12.5 Å². The lowest BCUT2D eigenvalue weighted by molar-refractivity contribution is -0.143. The molecule has 4 heteroatoms. The quantitative estimate of drug-likeness (QED) is 0.347. The van der Waals surface area contributed by atoms with E-state index in [0.717, 1.165) is 5.56 Å². The van der Waals surface area contributed by atoms with Crippen molar-refractivity contribution in [2.45, 2.75) is 19.6 Å². The van der Waals surface area contributed by atoms with Gasteiger partial charge >= 0.3 is 5.97 Å². The van der Waals surface area contributed by atoms with Gasteiger partial charge in [0.2, 0.25) is 0 Å². The zero-order valence-electron chi connectivity index (χ0n) is 10.8. The van der Waals surface area contributed by atoms with Crippen molar-refractivity contribution < 1.29 is 14.3 Å². The molecule has 0 spiro atoms. The van der Waals surface area contributed by atoms with Crippen LogP contribution in [0.25, 0.3) is 0 Å². The van der Waals surface area contributed by atoms with Crippen molar-refractivity contribution in [3.05, 3.63) is 48.2 Å². The molecule has 0 bridgehead atoms. The van der Waals surface area contributed by atoms with Crippen LogP contribution in [0.15, 0.2) is 42.7 Å². The molecule has 0 aromatic heterocycles. The summed E-state index contributed by atoms with van der Waals surface area (Å²) in [5.74, 6) is -0.502. The Morgan fingerprint density at radius 2 is 2.06 bits per heavy atom. The molecule has 0 saturated heterocycles. The number of benzene rings is 1. The monoisotopic (exact) mass is 249 g/mol. The molecule has 98 valence electrons. The first kappa shape index (κ1) is 14.3. The number of hydrogen-bond acceptors (Lipinski definition) is 4.